The van der Waals surface area contributed by atoms with E-state index in [2.05, 4.69) is 10.2 Å². The molecule has 3 heteroatoms. The van der Waals surface area contributed by atoms with E-state index in [0.29, 0.717) is 11.3 Å². The molecule has 0 bridgehead atoms. The van der Waals surface area contributed by atoms with Crippen molar-refractivity contribution >= 4 is 0 Å². The lowest BCUT2D eigenvalue weighted by Crippen LogP contribution is -2.02. The monoisotopic (exact) mass is 158 g/mol. The predicted molar refractivity (Wildman–Crippen MR) is 44.9 cm³/mol. The van der Waals surface area contributed by atoms with Gasteiger partial charge < -0.3 is 0 Å². The molecule has 0 atom stereocenters. The van der Waals surface area contributed by atoms with Crippen molar-refractivity contribution in [2.75, 3.05) is 0 Å². The van der Waals surface area contributed by atoms with Crippen molar-refractivity contribution in [1.82, 2.24) is 10.2 Å². The molecule has 0 aromatic carbocycles. The summed E-state index contributed by atoms with van der Waals surface area (Å²) in [5.74, 6) is 0. The van der Waals surface area contributed by atoms with Crippen LogP contribution in [0, 0.1) is 0 Å². The van der Waals surface area contributed by atoms with Gasteiger partial charge in [-0.1, -0.05) is 6.07 Å². The van der Waals surface area contributed by atoms with Gasteiger partial charge in [-0.2, -0.15) is 10.2 Å². The molecule has 0 unspecified atom stereocenters. The second-order valence-electron chi connectivity index (χ2n) is 2.41. The first kappa shape index (κ1) is 6.91. The normalized spacial score (nSPS) is 10.0. The van der Waals surface area contributed by atoms with E-state index in [9.17, 15) is 4.79 Å². The van der Waals surface area contributed by atoms with Crippen LogP contribution in [-0.4, -0.2) is 10.2 Å². The maximum absolute atomic E-state index is 11.2. The molecule has 0 saturated heterocycles. The molecule has 3 nitrogen and oxygen atoms in total. The van der Waals surface area contributed by atoms with Gasteiger partial charge in [-0.15, -0.1) is 0 Å². The Labute approximate surface area is 69.0 Å². The van der Waals surface area contributed by atoms with E-state index in [-0.39, 0.29) is 5.43 Å². The first-order chi connectivity index (χ1) is 5.88. The van der Waals surface area contributed by atoms with Crippen molar-refractivity contribution in [1.29, 1.82) is 0 Å². The zero-order chi connectivity index (χ0) is 8.39. The molecule has 0 saturated carbocycles. The lowest BCUT2D eigenvalue weighted by atomic mass is 10.1. The molecule has 0 amide bonds. The van der Waals surface area contributed by atoms with Gasteiger partial charge in [-0.05, 0) is 24.3 Å². The molecular weight excluding hydrogens is 152 g/mol. The zero-order valence-corrected chi connectivity index (χ0v) is 6.27. The van der Waals surface area contributed by atoms with Gasteiger partial charge in [-0.3, -0.25) is 4.79 Å². The topological polar surface area (TPSA) is 42.9 Å². The average molecular weight is 158 g/mol. The molecule has 2 aliphatic rings. The average Bonchev–Trinajstić information content (AvgIpc) is 2.30. The molecule has 2 rings (SSSR count). The van der Waals surface area contributed by atoms with Crippen LogP contribution in [0.4, 0.5) is 0 Å². The minimum absolute atomic E-state index is 0.0157. The van der Waals surface area contributed by atoms with Crippen LogP contribution in [0.3, 0.4) is 0 Å². The Kier molecular flexibility index (Phi) is 1.55. The molecule has 1 aliphatic carbocycles. The standard InChI is InChI=1S/C9H6N2O/c12-9-5-1-4-8-7(9)3-2-6-10-11-8/h1-6H. The molecule has 0 N–H and O–H groups in total. The molecule has 1 aliphatic heterocycles. The second kappa shape index (κ2) is 2.70. The van der Waals surface area contributed by atoms with E-state index >= 15 is 0 Å². The van der Waals surface area contributed by atoms with Crippen LogP contribution in [-0.2, 0) is 0 Å². The van der Waals surface area contributed by atoms with Crippen LogP contribution in [0.15, 0.2) is 41.3 Å². The summed E-state index contributed by atoms with van der Waals surface area (Å²) in [6.07, 6.45) is 1.56. The maximum atomic E-state index is 11.2. The molecule has 58 valence electrons. The molecule has 12 heavy (non-hydrogen) atoms. The van der Waals surface area contributed by atoms with E-state index in [0.717, 1.165) is 0 Å². The Morgan fingerprint density at radius 2 is 2.00 bits per heavy atom. The highest BCUT2D eigenvalue weighted by atomic mass is 16.1. The first-order valence-corrected chi connectivity index (χ1v) is 3.59. The molecule has 1 heterocycles. The van der Waals surface area contributed by atoms with Gasteiger partial charge in [-0.25, -0.2) is 0 Å². The van der Waals surface area contributed by atoms with Gasteiger partial charge in [0.05, 0.1) is 5.69 Å². The van der Waals surface area contributed by atoms with Crippen LogP contribution in [0.1, 0.15) is 0 Å². The van der Waals surface area contributed by atoms with E-state index in [1.165, 1.54) is 6.07 Å². The van der Waals surface area contributed by atoms with Crippen molar-refractivity contribution < 1.29 is 0 Å². The van der Waals surface area contributed by atoms with Gasteiger partial charge >= 0.3 is 0 Å². The van der Waals surface area contributed by atoms with E-state index in [1.54, 1.807) is 30.5 Å². The Morgan fingerprint density at radius 1 is 1.08 bits per heavy atom. The van der Waals surface area contributed by atoms with Crippen LogP contribution in [0.2, 0.25) is 0 Å². The third kappa shape index (κ3) is 1.05. The second-order valence-corrected chi connectivity index (χ2v) is 2.41. The number of nitrogens with zero attached hydrogens (tertiary/aromatic N) is 2. The Hall–Kier alpha value is -1.77. The van der Waals surface area contributed by atoms with E-state index in [4.69, 9.17) is 0 Å². The Morgan fingerprint density at radius 3 is 2.92 bits per heavy atom. The minimum Gasteiger partial charge on any atom is -0.289 e. The summed E-state index contributed by atoms with van der Waals surface area (Å²) < 4.78 is 0. The zero-order valence-electron chi connectivity index (χ0n) is 6.27. The summed E-state index contributed by atoms with van der Waals surface area (Å²) in [4.78, 5) is 11.2. The fraction of sp³-hybridized carbons (Fsp3) is 0. The van der Waals surface area contributed by atoms with Gasteiger partial charge in [0.1, 0.15) is 0 Å². The third-order valence-corrected chi connectivity index (χ3v) is 1.62. The predicted octanol–water partition coefficient (Wildman–Crippen LogP) is 0.942. The molecule has 0 aromatic rings. The number of aromatic nitrogens is 2. The number of benzene rings is 1. The Bertz CT molecular complexity index is 428. The van der Waals surface area contributed by atoms with Crippen molar-refractivity contribution in [3.8, 4) is 11.3 Å². The lowest BCUT2D eigenvalue weighted by Gasteiger charge is -1.93. The summed E-state index contributed by atoms with van der Waals surface area (Å²) in [6.45, 7) is 0. The quantitative estimate of drug-likeness (QED) is 0.573. The number of hydrogen-bond acceptors (Lipinski definition) is 3. The fourth-order valence-electron chi connectivity index (χ4n) is 1.06. The van der Waals surface area contributed by atoms with Crippen LogP contribution in [0.25, 0.3) is 11.3 Å². The highest BCUT2D eigenvalue weighted by Crippen LogP contribution is 2.09. The van der Waals surface area contributed by atoms with Crippen molar-refractivity contribution in [2.24, 2.45) is 0 Å². The number of fused-ring (bicyclic) bond motifs is 1. The number of rotatable bonds is 0. The van der Waals surface area contributed by atoms with Crippen molar-refractivity contribution in [2.45, 2.75) is 0 Å². The molecular formula is C9H6N2O. The number of hydrogen-bond donors (Lipinski definition) is 0. The maximum Gasteiger partial charge on any atom is 0.188 e. The SMILES string of the molecule is O=c1cccc2nncccc1-2. The molecule has 0 fully saturated rings. The summed E-state index contributed by atoms with van der Waals surface area (Å²) in [7, 11) is 0. The highest BCUT2D eigenvalue weighted by molar-refractivity contribution is 5.58. The van der Waals surface area contributed by atoms with Crippen LogP contribution < -0.4 is 5.43 Å². The van der Waals surface area contributed by atoms with Crippen molar-refractivity contribution in [3.63, 3.8) is 0 Å². The van der Waals surface area contributed by atoms with E-state index < -0.39 is 0 Å². The van der Waals surface area contributed by atoms with Crippen LogP contribution >= 0.6 is 0 Å². The largest absolute Gasteiger partial charge is 0.289 e. The van der Waals surface area contributed by atoms with Gasteiger partial charge in [0.2, 0.25) is 0 Å². The van der Waals surface area contributed by atoms with Crippen molar-refractivity contribution in [3.05, 3.63) is 46.8 Å². The first-order valence-electron chi connectivity index (χ1n) is 3.59. The summed E-state index contributed by atoms with van der Waals surface area (Å²) in [6, 6.07) is 8.39. The van der Waals surface area contributed by atoms with Crippen LogP contribution in [0.5, 0.6) is 0 Å². The Balaban J connectivity index is 2.88. The molecule has 0 radical (unpaired) electrons. The molecule has 0 aromatic heterocycles. The van der Waals surface area contributed by atoms with Gasteiger partial charge in [0.25, 0.3) is 0 Å². The third-order valence-electron chi connectivity index (χ3n) is 1.62. The fourth-order valence-corrected chi connectivity index (χ4v) is 1.06. The molecule has 0 spiro atoms. The van der Waals surface area contributed by atoms with Gasteiger partial charge in [0, 0.05) is 11.8 Å². The highest BCUT2D eigenvalue weighted by Gasteiger charge is 2.02. The summed E-state index contributed by atoms with van der Waals surface area (Å²) >= 11 is 0. The smallest absolute Gasteiger partial charge is 0.188 e. The summed E-state index contributed by atoms with van der Waals surface area (Å²) in [5, 5.41) is 7.58. The van der Waals surface area contributed by atoms with Gasteiger partial charge in [0.15, 0.2) is 5.43 Å². The summed E-state index contributed by atoms with van der Waals surface area (Å²) in [5.41, 5.74) is 1.22. The lowest BCUT2D eigenvalue weighted by molar-refractivity contribution is 1.06. The van der Waals surface area contributed by atoms with E-state index in [1.807, 2.05) is 0 Å². The minimum atomic E-state index is -0.0157.